The number of carbonyl (C=O) groups excluding carboxylic acids is 1. The molecule has 1 aliphatic rings. The van der Waals surface area contributed by atoms with E-state index in [1.165, 1.54) is 0 Å². The Hall–Kier alpha value is -2.14. The molecule has 2 aromatic heterocycles. The SMILES string of the molecule is CN(C(=O)C=Cc1ccsc1)C1CCN(c2ccccn2)CC1. The lowest BCUT2D eigenvalue weighted by Gasteiger charge is -2.37. The number of aromatic nitrogens is 1. The van der Waals surface area contributed by atoms with Crippen LogP contribution in [0.5, 0.6) is 0 Å². The normalized spacial score (nSPS) is 16.0. The molecule has 2 aromatic rings. The van der Waals surface area contributed by atoms with Gasteiger partial charge in [0.2, 0.25) is 5.91 Å². The minimum atomic E-state index is 0.0764. The molecular formula is C18H21N3OS. The standard InChI is InChI=1S/C18H21N3OS/c1-20(18(22)6-5-15-9-13-23-14-15)16-7-11-21(12-8-16)17-4-2-3-10-19-17/h2-6,9-10,13-14,16H,7-8,11-12H2,1H3. The van der Waals surface area contributed by atoms with Gasteiger partial charge in [-0.2, -0.15) is 11.3 Å². The second kappa shape index (κ2) is 7.42. The van der Waals surface area contributed by atoms with Crippen LogP contribution in [0, 0.1) is 0 Å². The maximum absolute atomic E-state index is 12.3. The van der Waals surface area contributed by atoms with Crippen molar-refractivity contribution in [2.75, 3.05) is 25.0 Å². The molecule has 0 saturated carbocycles. The average Bonchev–Trinajstić information content (AvgIpc) is 3.13. The third-order valence-electron chi connectivity index (χ3n) is 4.29. The Morgan fingerprint density at radius 3 is 2.83 bits per heavy atom. The van der Waals surface area contributed by atoms with Crippen molar-refractivity contribution in [2.24, 2.45) is 0 Å². The topological polar surface area (TPSA) is 36.4 Å². The van der Waals surface area contributed by atoms with E-state index < -0.39 is 0 Å². The summed E-state index contributed by atoms with van der Waals surface area (Å²) in [6, 6.07) is 8.30. The van der Waals surface area contributed by atoms with Gasteiger partial charge in [0.25, 0.3) is 0 Å². The van der Waals surface area contributed by atoms with E-state index in [4.69, 9.17) is 0 Å². The molecule has 3 heterocycles. The van der Waals surface area contributed by atoms with Gasteiger partial charge in [-0.05, 0) is 53.4 Å². The summed E-state index contributed by atoms with van der Waals surface area (Å²) in [6.45, 7) is 1.88. The molecule has 0 spiro atoms. The van der Waals surface area contributed by atoms with Gasteiger partial charge in [-0.25, -0.2) is 4.98 Å². The molecule has 0 atom stereocenters. The highest BCUT2D eigenvalue weighted by Gasteiger charge is 2.24. The van der Waals surface area contributed by atoms with E-state index in [2.05, 4.69) is 9.88 Å². The van der Waals surface area contributed by atoms with E-state index in [1.54, 1.807) is 17.4 Å². The predicted octanol–water partition coefficient (Wildman–Crippen LogP) is 3.28. The molecule has 3 rings (SSSR count). The number of nitrogens with zero attached hydrogens (tertiary/aromatic N) is 3. The third kappa shape index (κ3) is 3.99. The van der Waals surface area contributed by atoms with Crippen molar-refractivity contribution in [3.05, 3.63) is 52.9 Å². The Morgan fingerprint density at radius 2 is 2.17 bits per heavy atom. The van der Waals surface area contributed by atoms with Crippen LogP contribution in [-0.4, -0.2) is 42.0 Å². The number of carbonyl (C=O) groups is 1. The summed E-state index contributed by atoms with van der Waals surface area (Å²) in [7, 11) is 1.90. The van der Waals surface area contributed by atoms with Crippen LogP contribution in [0.1, 0.15) is 18.4 Å². The highest BCUT2D eigenvalue weighted by Crippen LogP contribution is 2.20. The molecule has 1 saturated heterocycles. The maximum Gasteiger partial charge on any atom is 0.246 e. The number of rotatable bonds is 4. The van der Waals surface area contributed by atoms with Crippen molar-refractivity contribution in [1.29, 1.82) is 0 Å². The van der Waals surface area contributed by atoms with E-state index in [1.807, 2.05) is 59.2 Å². The maximum atomic E-state index is 12.3. The van der Waals surface area contributed by atoms with Crippen molar-refractivity contribution in [3.63, 3.8) is 0 Å². The summed E-state index contributed by atoms with van der Waals surface area (Å²) in [5.41, 5.74) is 1.08. The summed E-state index contributed by atoms with van der Waals surface area (Å²) in [6.07, 6.45) is 7.34. The minimum absolute atomic E-state index is 0.0764. The second-order valence-electron chi connectivity index (χ2n) is 5.75. The van der Waals surface area contributed by atoms with Crippen LogP contribution < -0.4 is 4.90 Å². The smallest absolute Gasteiger partial charge is 0.246 e. The zero-order valence-corrected chi connectivity index (χ0v) is 14.1. The Bertz CT molecular complexity index is 646. The summed E-state index contributed by atoms with van der Waals surface area (Å²) in [5.74, 6) is 1.10. The number of anilines is 1. The van der Waals surface area contributed by atoms with E-state index in [0.717, 1.165) is 37.3 Å². The summed E-state index contributed by atoms with van der Waals surface area (Å²) >= 11 is 1.64. The first-order valence-corrected chi connectivity index (χ1v) is 8.81. The largest absolute Gasteiger partial charge is 0.356 e. The number of amides is 1. The lowest BCUT2D eigenvalue weighted by Crippen LogP contribution is -2.45. The van der Waals surface area contributed by atoms with Crippen molar-refractivity contribution in [3.8, 4) is 0 Å². The molecule has 0 radical (unpaired) electrons. The lowest BCUT2D eigenvalue weighted by atomic mass is 10.0. The molecule has 0 N–H and O–H groups in total. The first-order valence-electron chi connectivity index (χ1n) is 7.87. The molecule has 1 aliphatic heterocycles. The Morgan fingerprint density at radius 1 is 1.35 bits per heavy atom. The predicted molar refractivity (Wildman–Crippen MR) is 95.6 cm³/mol. The van der Waals surface area contributed by atoms with Gasteiger partial charge in [-0.1, -0.05) is 6.07 Å². The minimum Gasteiger partial charge on any atom is -0.356 e. The number of hydrogen-bond acceptors (Lipinski definition) is 4. The van der Waals surface area contributed by atoms with E-state index in [-0.39, 0.29) is 5.91 Å². The molecule has 4 nitrogen and oxygen atoms in total. The first-order chi connectivity index (χ1) is 11.2. The Balaban J connectivity index is 1.53. The van der Waals surface area contributed by atoms with Gasteiger partial charge in [-0.3, -0.25) is 4.79 Å². The van der Waals surface area contributed by atoms with Crippen molar-refractivity contribution < 1.29 is 4.79 Å². The molecule has 5 heteroatoms. The molecule has 120 valence electrons. The molecule has 0 aliphatic carbocycles. The first kappa shape index (κ1) is 15.7. The van der Waals surface area contributed by atoms with Crippen LogP contribution in [-0.2, 0) is 4.79 Å². The number of thiophene rings is 1. The van der Waals surface area contributed by atoms with Crippen molar-refractivity contribution >= 4 is 29.1 Å². The van der Waals surface area contributed by atoms with Gasteiger partial charge >= 0.3 is 0 Å². The number of likely N-dealkylation sites (N-methyl/N-ethyl adjacent to an activating group) is 1. The van der Waals surface area contributed by atoms with Gasteiger partial charge in [-0.15, -0.1) is 0 Å². The number of piperidine rings is 1. The van der Waals surface area contributed by atoms with E-state index in [9.17, 15) is 4.79 Å². The highest BCUT2D eigenvalue weighted by molar-refractivity contribution is 7.08. The van der Waals surface area contributed by atoms with Crippen LogP contribution >= 0.6 is 11.3 Å². The van der Waals surface area contributed by atoms with E-state index >= 15 is 0 Å². The summed E-state index contributed by atoms with van der Waals surface area (Å²) in [4.78, 5) is 20.9. The zero-order valence-electron chi connectivity index (χ0n) is 13.3. The monoisotopic (exact) mass is 327 g/mol. The number of hydrogen-bond donors (Lipinski definition) is 0. The third-order valence-corrected chi connectivity index (χ3v) is 5.00. The summed E-state index contributed by atoms with van der Waals surface area (Å²) in [5, 5.41) is 4.05. The second-order valence-corrected chi connectivity index (χ2v) is 6.53. The molecule has 23 heavy (non-hydrogen) atoms. The molecular weight excluding hydrogens is 306 g/mol. The molecule has 0 unspecified atom stereocenters. The van der Waals surface area contributed by atoms with Gasteiger partial charge < -0.3 is 9.80 Å². The van der Waals surface area contributed by atoms with Crippen LogP contribution in [0.25, 0.3) is 6.08 Å². The fourth-order valence-electron chi connectivity index (χ4n) is 2.86. The number of pyridine rings is 1. The molecule has 1 amide bonds. The van der Waals surface area contributed by atoms with Crippen LogP contribution in [0.15, 0.2) is 47.3 Å². The fraction of sp³-hybridized carbons (Fsp3) is 0.333. The van der Waals surface area contributed by atoms with Gasteiger partial charge in [0.15, 0.2) is 0 Å². The van der Waals surface area contributed by atoms with Crippen LogP contribution in [0.2, 0.25) is 0 Å². The Kier molecular flexibility index (Phi) is 5.08. The van der Waals surface area contributed by atoms with Crippen LogP contribution in [0.3, 0.4) is 0 Å². The average molecular weight is 327 g/mol. The van der Waals surface area contributed by atoms with E-state index in [0.29, 0.717) is 6.04 Å². The van der Waals surface area contributed by atoms with Gasteiger partial charge in [0.1, 0.15) is 5.82 Å². The lowest BCUT2D eigenvalue weighted by molar-refractivity contribution is -0.127. The van der Waals surface area contributed by atoms with Gasteiger partial charge in [0.05, 0.1) is 0 Å². The van der Waals surface area contributed by atoms with Gasteiger partial charge in [0, 0.05) is 38.5 Å². The molecule has 0 bridgehead atoms. The molecule has 0 aromatic carbocycles. The highest BCUT2D eigenvalue weighted by atomic mass is 32.1. The van der Waals surface area contributed by atoms with Crippen LogP contribution in [0.4, 0.5) is 5.82 Å². The van der Waals surface area contributed by atoms with Crippen molar-refractivity contribution in [2.45, 2.75) is 18.9 Å². The molecule has 1 fully saturated rings. The quantitative estimate of drug-likeness (QED) is 0.809. The Labute approximate surface area is 141 Å². The summed E-state index contributed by atoms with van der Waals surface area (Å²) < 4.78 is 0. The zero-order chi connectivity index (χ0) is 16.1. The fourth-order valence-corrected chi connectivity index (χ4v) is 3.49. The van der Waals surface area contributed by atoms with Crippen molar-refractivity contribution in [1.82, 2.24) is 9.88 Å².